The quantitative estimate of drug-likeness (QED) is 0.622. The molecule has 0 aromatic carbocycles. The summed E-state index contributed by atoms with van der Waals surface area (Å²) in [6, 6.07) is 0. The number of nitrogens with two attached hydrogens (primary N) is 1. The van der Waals surface area contributed by atoms with Crippen LogP contribution in [0.15, 0.2) is 0 Å². The molecule has 0 unspecified atom stereocenters. The summed E-state index contributed by atoms with van der Waals surface area (Å²) in [4.78, 5) is 8.61. The molecule has 1 aliphatic heterocycles. The third kappa shape index (κ3) is 1.63. The Kier molecular flexibility index (Phi) is 2.49. The van der Waals surface area contributed by atoms with Gasteiger partial charge in [-0.3, -0.25) is 0 Å². The molecule has 14 heavy (non-hydrogen) atoms. The van der Waals surface area contributed by atoms with Gasteiger partial charge in [-0.15, -0.1) is 0 Å². The van der Waals surface area contributed by atoms with E-state index < -0.39 is 0 Å². The van der Waals surface area contributed by atoms with Gasteiger partial charge in [0.1, 0.15) is 5.82 Å². The fourth-order valence-corrected chi connectivity index (χ4v) is 1.61. The molecule has 0 bridgehead atoms. The van der Waals surface area contributed by atoms with Crippen LogP contribution in [0.2, 0.25) is 0 Å². The monoisotopic (exact) mass is 193 g/mol. The van der Waals surface area contributed by atoms with E-state index in [1.54, 1.807) is 0 Å². The smallest absolute Gasteiger partial charge is 0.224 e. The van der Waals surface area contributed by atoms with Crippen LogP contribution in [0.25, 0.3) is 0 Å². The van der Waals surface area contributed by atoms with E-state index in [2.05, 4.69) is 20.6 Å². The highest BCUT2D eigenvalue weighted by Gasteiger charge is 2.15. The van der Waals surface area contributed by atoms with Gasteiger partial charge in [-0.2, -0.15) is 4.98 Å². The number of rotatable bonds is 2. The van der Waals surface area contributed by atoms with Crippen molar-refractivity contribution in [2.75, 3.05) is 24.1 Å². The summed E-state index contributed by atoms with van der Waals surface area (Å²) in [5, 5.41) is 6.33. The molecule has 0 aliphatic carbocycles. The number of nitrogens with zero attached hydrogens (tertiary/aromatic N) is 2. The number of hydrogen-bond donors (Lipinski definition) is 3. The molecule has 2 rings (SSSR count). The Bertz CT molecular complexity index is 336. The fourth-order valence-electron chi connectivity index (χ4n) is 1.61. The van der Waals surface area contributed by atoms with Gasteiger partial charge in [-0.25, -0.2) is 4.98 Å². The van der Waals surface area contributed by atoms with Crippen molar-refractivity contribution in [2.24, 2.45) is 0 Å². The Morgan fingerprint density at radius 2 is 2.36 bits per heavy atom. The fraction of sp³-hybridized carbons (Fsp3) is 0.556. The van der Waals surface area contributed by atoms with E-state index >= 15 is 0 Å². The maximum atomic E-state index is 5.84. The second kappa shape index (κ2) is 3.79. The van der Waals surface area contributed by atoms with Gasteiger partial charge in [0.25, 0.3) is 0 Å². The van der Waals surface area contributed by atoms with E-state index in [-0.39, 0.29) is 0 Å². The molecule has 0 saturated carbocycles. The van der Waals surface area contributed by atoms with Gasteiger partial charge in [0.2, 0.25) is 5.95 Å². The lowest BCUT2D eigenvalue weighted by molar-refractivity contribution is 0.629. The number of hydrogen-bond acceptors (Lipinski definition) is 5. The minimum Gasteiger partial charge on any atom is -0.383 e. The van der Waals surface area contributed by atoms with Crippen LogP contribution in [-0.2, 0) is 13.0 Å². The van der Waals surface area contributed by atoms with Crippen LogP contribution in [0.1, 0.15) is 18.2 Å². The normalized spacial score (nSPS) is 14.9. The van der Waals surface area contributed by atoms with Crippen LogP contribution in [0, 0.1) is 0 Å². The van der Waals surface area contributed by atoms with Crippen molar-refractivity contribution in [3.8, 4) is 0 Å². The largest absolute Gasteiger partial charge is 0.383 e. The molecular weight excluding hydrogens is 178 g/mol. The number of anilines is 2. The van der Waals surface area contributed by atoms with Crippen LogP contribution < -0.4 is 16.4 Å². The lowest BCUT2D eigenvalue weighted by Crippen LogP contribution is -2.26. The van der Waals surface area contributed by atoms with Crippen LogP contribution in [0.3, 0.4) is 0 Å². The number of aromatic nitrogens is 2. The van der Waals surface area contributed by atoms with Gasteiger partial charge in [0.15, 0.2) is 0 Å². The topological polar surface area (TPSA) is 75.9 Å². The summed E-state index contributed by atoms with van der Waals surface area (Å²) >= 11 is 0. The van der Waals surface area contributed by atoms with E-state index in [1.807, 2.05) is 6.92 Å². The maximum absolute atomic E-state index is 5.84. The Balaban J connectivity index is 2.36. The third-order valence-corrected chi connectivity index (χ3v) is 2.30. The minimum atomic E-state index is 0.596. The molecule has 0 fully saturated rings. The van der Waals surface area contributed by atoms with E-state index in [4.69, 9.17) is 5.73 Å². The molecule has 0 radical (unpaired) electrons. The summed E-state index contributed by atoms with van der Waals surface area (Å²) in [6.45, 7) is 4.58. The molecule has 1 aliphatic rings. The Labute approximate surface area is 83.1 Å². The number of nitrogens with one attached hydrogen (secondary N) is 2. The average Bonchev–Trinajstić information content (AvgIpc) is 2.18. The summed E-state index contributed by atoms with van der Waals surface area (Å²) in [6.07, 6.45) is 0.931. The average molecular weight is 193 g/mol. The first-order chi connectivity index (χ1) is 6.81. The second-order valence-electron chi connectivity index (χ2n) is 3.31. The third-order valence-electron chi connectivity index (χ3n) is 2.30. The summed E-state index contributed by atoms with van der Waals surface area (Å²) in [7, 11) is 0. The SMILES string of the molecule is CCNc1nc(N)c2c(n1)CCNC2. The standard InChI is InChI=1S/C9H15N5/c1-2-12-9-13-7-3-4-11-5-6(7)8(10)14-9/h11H,2-5H2,1H3,(H3,10,12,13,14). The molecular formula is C9H15N5. The van der Waals surface area contributed by atoms with Crippen LogP contribution in [-0.4, -0.2) is 23.1 Å². The van der Waals surface area contributed by atoms with Crippen molar-refractivity contribution in [2.45, 2.75) is 19.9 Å². The van der Waals surface area contributed by atoms with E-state index in [1.165, 1.54) is 0 Å². The van der Waals surface area contributed by atoms with Gasteiger partial charge >= 0.3 is 0 Å². The molecule has 4 N–H and O–H groups in total. The summed E-state index contributed by atoms with van der Waals surface area (Å²) in [5.74, 6) is 1.24. The molecule has 76 valence electrons. The minimum absolute atomic E-state index is 0.596. The molecule has 5 nitrogen and oxygen atoms in total. The highest BCUT2D eigenvalue weighted by molar-refractivity contribution is 5.47. The second-order valence-corrected chi connectivity index (χ2v) is 3.31. The first-order valence-corrected chi connectivity index (χ1v) is 4.91. The molecule has 0 spiro atoms. The summed E-state index contributed by atoms with van der Waals surface area (Å²) in [5.41, 5.74) is 7.97. The molecule has 1 aromatic heterocycles. The Hall–Kier alpha value is -1.36. The van der Waals surface area contributed by atoms with Crippen molar-refractivity contribution in [1.29, 1.82) is 0 Å². The van der Waals surface area contributed by atoms with Crippen molar-refractivity contribution in [1.82, 2.24) is 15.3 Å². The molecule has 5 heteroatoms. The van der Waals surface area contributed by atoms with Crippen molar-refractivity contribution in [3.63, 3.8) is 0 Å². The van der Waals surface area contributed by atoms with Crippen LogP contribution in [0.5, 0.6) is 0 Å². The first-order valence-electron chi connectivity index (χ1n) is 4.91. The zero-order valence-electron chi connectivity index (χ0n) is 8.30. The van der Waals surface area contributed by atoms with E-state index in [0.717, 1.165) is 37.3 Å². The van der Waals surface area contributed by atoms with Crippen molar-refractivity contribution in [3.05, 3.63) is 11.3 Å². The summed E-state index contributed by atoms with van der Waals surface area (Å²) < 4.78 is 0. The van der Waals surface area contributed by atoms with Gasteiger partial charge < -0.3 is 16.4 Å². The highest BCUT2D eigenvalue weighted by atomic mass is 15.1. The molecule has 0 atom stereocenters. The molecule has 0 amide bonds. The maximum Gasteiger partial charge on any atom is 0.224 e. The number of fused-ring (bicyclic) bond motifs is 1. The molecule has 1 aromatic rings. The van der Waals surface area contributed by atoms with Crippen molar-refractivity contribution < 1.29 is 0 Å². The zero-order valence-corrected chi connectivity index (χ0v) is 8.30. The molecule has 2 heterocycles. The Morgan fingerprint density at radius 3 is 3.14 bits per heavy atom. The molecule has 0 saturated heterocycles. The van der Waals surface area contributed by atoms with Crippen molar-refractivity contribution >= 4 is 11.8 Å². The van der Waals surface area contributed by atoms with Gasteiger partial charge in [-0.05, 0) is 6.92 Å². The lowest BCUT2D eigenvalue weighted by Gasteiger charge is -2.18. The van der Waals surface area contributed by atoms with Gasteiger partial charge in [0.05, 0.1) is 5.69 Å². The lowest BCUT2D eigenvalue weighted by atomic mass is 10.1. The zero-order chi connectivity index (χ0) is 9.97. The first kappa shape index (κ1) is 9.21. The van der Waals surface area contributed by atoms with Crippen LogP contribution in [0.4, 0.5) is 11.8 Å². The van der Waals surface area contributed by atoms with Gasteiger partial charge in [0, 0.05) is 31.6 Å². The highest BCUT2D eigenvalue weighted by Crippen LogP contribution is 2.18. The predicted molar refractivity (Wildman–Crippen MR) is 56.0 cm³/mol. The van der Waals surface area contributed by atoms with E-state index in [0.29, 0.717) is 11.8 Å². The van der Waals surface area contributed by atoms with E-state index in [9.17, 15) is 0 Å². The van der Waals surface area contributed by atoms with Crippen LogP contribution >= 0.6 is 0 Å². The predicted octanol–water partition coefficient (Wildman–Crippen LogP) is 0.136. The Morgan fingerprint density at radius 1 is 1.50 bits per heavy atom. The number of nitrogen functional groups attached to an aromatic ring is 1. The van der Waals surface area contributed by atoms with Gasteiger partial charge in [-0.1, -0.05) is 0 Å².